The third kappa shape index (κ3) is 5.48. The van der Waals surface area contributed by atoms with E-state index in [2.05, 4.69) is 65.7 Å². The van der Waals surface area contributed by atoms with Gasteiger partial charge in [-0.3, -0.25) is 0 Å². The SMILES string of the molecule is CC(C)CNCc1ccc(N(C)CCc2cccs2)nc1. The van der Waals surface area contributed by atoms with Crippen LogP contribution in [-0.4, -0.2) is 25.1 Å². The number of likely N-dealkylation sites (N-methyl/N-ethyl adjacent to an activating group) is 1. The molecule has 0 radical (unpaired) electrons. The van der Waals surface area contributed by atoms with E-state index in [9.17, 15) is 0 Å². The zero-order chi connectivity index (χ0) is 15.1. The van der Waals surface area contributed by atoms with Gasteiger partial charge in [-0.15, -0.1) is 11.3 Å². The van der Waals surface area contributed by atoms with Crippen LogP contribution in [0.4, 0.5) is 5.82 Å². The van der Waals surface area contributed by atoms with Crippen LogP contribution in [-0.2, 0) is 13.0 Å². The lowest BCUT2D eigenvalue weighted by molar-refractivity contribution is 0.552. The van der Waals surface area contributed by atoms with Gasteiger partial charge < -0.3 is 10.2 Å². The molecule has 2 aromatic rings. The zero-order valence-corrected chi connectivity index (χ0v) is 14.0. The summed E-state index contributed by atoms with van der Waals surface area (Å²) in [5.41, 5.74) is 1.24. The molecule has 1 N–H and O–H groups in total. The quantitative estimate of drug-likeness (QED) is 0.808. The highest BCUT2D eigenvalue weighted by Gasteiger charge is 2.04. The second-order valence-electron chi connectivity index (χ2n) is 5.80. The Hall–Kier alpha value is -1.39. The molecule has 0 aromatic carbocycles. The fourth-order valence-electron chi connectivity index (χ4n) is 2.10. The van der Waals surface area contributed by atoms with E-state index in [1.165, 1.54) is 10.4 Å². The van der Waals surface area contributed by atoms with Crippen molar-refractivity contribution >= 4 is 17.2 Å². The van der Waals surface area contributed by atoms with Crippen molar-refractivity contribution < 1.29 is 0 Å². The van der Waals surface area contributed by atoms with Gasteiger partial charge in [-0.1, -0.05) is 26.0 Å². The van der Waals surface area contributed by atoms with E-state index < -0.39 is 0 Å². The molecule has 2 rings (SSSR count). The van der Waals surface area contributed by atoms with Gasteiger partial charge in [0, 0.05) is 31.2 Å². The molecule has 2 aromatic heterocycles. The topological polar surface area (TPSA) is 28.2 Å². The van der Waals surface area contributed by atoms with Crippen molar-refractivity contribution in [1.82, 2.24) is 10.3 Å². The van der Waals surface area contributed by atoms with Crippen molar-refractivity contribution in [2.45, 2.75) is 26.8 Å². The number of thiophene rings is 1. The number of hydrogen-bond donors (Lipinski definition) is 1. The highest BCUT2D eigenvalue weighted by atomic mass is 32.1. The summed E-state index contributed by atoms with van der Waals surface area (Å²) < 4.78 is 0. The lowest BCUT2D eigenvalue weighted by atomic mass is 10.2. The maximum atomic E-state index is 4.57. The first-order chi connectivity index (χ1) is 10.1. The van der Waals surface area contributed by atoms with Gasteiger partial charge in [-0.2, -0.15) is 0 Å². The third-order valence-corrected chi connectivity index (χ3v) is 4.29. The standard InChI is InChI=1S/C17H25N3S/c1-14(2)11-18-12-15-6-7-17(19-13-15)20(3)9-8-16-5-4-10-21-16/h4-7,10,13-14,18H,8-9,11-12H2,1-3H3. The molecule has 0 bridgehead atoms. The molecule has 21 heavy (non-hydrogen) atoms. The maximum Gasteiger partial charge on any atom is 0.128 e. The fourth-order valence-corrected chi connectivity index (χ4v) is 2.80. The molecule has 0 saturated heterocycles. The van der Waals surface area contributed by atoms with Crippen LogP contribution >= 0.6 is 11.3 Å². The predicted octanol–water partition coefficient (Wildman–Crippen LogP) is 3.57. The van der Waals surface area contributed by atoms with E-state index in [-0.39, 0.29) is 0 Å². The van der Waals surface area contributed by atoms with Crippen LogP contribution in [0, 0.1) is 5.92 Å². The van der Waals surface area contributed by atoms with E-state index >= 15 is 0 Å². The summed E-state index contributed by atoms with van der Waals surface area (Å²) in [6, 6.07) is 8.57. The summed E-state index contributed by atoms with van der Waals surface area (Å²) in [4.78, 5) is 8.21. The Bertz CT molecular complexity index is 505. The molecule has 0 amide bonds. The molecule has 0 aliphatic heterocycles. The minimum absolute atomic E-state index is 0.681. The van der Waals surface area contributed by atoms with Crippen LogP contribution in [0.3, 0.4) is 0 Å². The highest BCUT2D eigenvalue weighted by molar-refractivity contribution is 7.09. The van der Waals surface area contributed by atoms with Crippen LogP contribution < -0.4 is 10.2 Å². The number of pyridine rings is 1. The van der Waals surface area contributed by atoms with Gasteiger partial charge in [0.15, 0.2) is 0 Å². The Morgan fingerprint density at radius 3 is 2.76 bits per heavy atom. The van der Waals surface area contributed by atoms with Gasteiger partial charge in [0.05, 0.1) is 0 Å². The molecule has 0 saturated carbocycles. The Morgan fingerprint density at radius 1 is 1.29 bits per heavy atom. The van der Waals surface area contributed by atoms with Crippen LogP contribution in [0.15, 0.2) is 35.8 Å². The molecule has 2 heterocycles. The number of anilines is 1. The Balaban J connectivity index is 1.80. The molecule has 0 aliphatic carbocycles. The highest BCUT2D eigenvalue weighted by Crippen LogP contribution is 2.13. The van der Waals surface area contributed by atoms with E-state index in [1.807, 2.05) is 17.5 Å². The average Bonchev–Trinajstić information content (AvgIpc) is 2.98. The lowest BCUT2D eigenvalue weighted by Crippen LogP contribution is -2.22. The second-order valence-corrected chi connectivity index (χ2v) is 6.83. The first-order valence-electron chi connectivity index (χ1n) is 7.54. The smallest absolute Gasteiger partial charge is 0.128 e. The summed E-state index contributed by atoms with van der Waals surface area (Å²) in [7, 11) is 2.10. The summed E-state index contributed by atoms with van der Waals surface area (Å²) >= 11 is 1.82. The first kappa shape index (κ1) is 16.0. The van der Waals surface area contributed by atoms with Gasteiger partial charge in [0.2, 0.25) is 0 Å². The van der Waals surface area contributed by atoms with Gasteiger partial charge >= 0.3 is 0 Å². The summed E-state index contributed by atoms with van der Waals surface area (Å²) in [5, 5.41) is 5.57. The predicted molar refractivity (Wildman–Crippen MR) is 92.1 cm³/mol. The van der Waals surface area contributed by atoms with Crippen LogP contribution in [0.2, 0.25) is 0 Å². The molecular weight excluding hydrogens is 278 g/mol. The summed E-state index contributed by atoms with van der Waals surface area (Å²) in [6.45, 7) is 7.37. The van der Waals surface area contributed by atoms with Crippen molar-refractivity contribution in [3.8, 4) is 0 Å². The van der Waals surface area contributed by atoms with Crippen LogP contribution in [0.1, 0.15) is 24.3 Å². The van der Waals surface area contributed by atoms with E-state index in [0.29, 0.717) is 5.92 Å². The normalized spacial score (nSPS) is 11.0. The molecule has 0 aliphatic rings. The second kappa shape index (κ2) is 8.15. The summed E-state index contributed by atoms with van der Waals surface area (Å²) in [5.74, 6) is 1.72. The van der Waals surface area contributed by atoms with E-state index in [1.54, 1.807) is 0 Å². The Morgan fingerprint density at radius 2 is 2.14 bits per heavy atom. The largest absolute Gasteiger partial charge is 0.359 e. The lowest BCUT2D eigenvalue weighted by Gasteiger charge is -2.18. The van der Waals surface area contributed by atoms with Crippen LogP contribution in [0.5, 0.6) is 0 Å². The molecule has 4 heteroatoms. The number of aromatic nitrogens is 1. The molecule has 3 nitrogen and oxygen atoms in total. The van der Waals surface area contributed by atoms with Crippen LogP contribution in [0.25, 0.3) is 0 Å². The summed E-state index contributed by atoms with van der Waals surface area (Å²) in [6.07, 6.45) is 3.05. The van der Waals surface area contributed by atoms with Crippen molar-refractivity contribution in [3.05, 3.63) is 46.3 Å². The molecular formula is C17H25N3S. The Kier molecular flexibility index (Phi) is 6.21. The molecule has 0 atom stereocenters. The zero-order valence-electron chi connectivity index (χ0n) is 13.2. The van der Waals surface area contributed by atoms with Crippen molar-refractivity contribution in [2.24, 2.45) is 5.92 Å². The van der Waals surface area contributed by atoms with Gasteiger partial charge in [0.25, 0.3) is 0 Å². The first-order valence-corrected chi connectivity index (χ1v) is 8.42. The third-order valence-electron chi connectivity index (χ3n) is 3.36. The molecule has 114 valence electrons. The van der Waals surface area contributed by atoms with E-state index in [0.717, 1.165) is 31.9 Å². The monoisotopic (exact) mass is 303 g/mol. The minimum Gasteiger partial charge on any atom is -0.359 e. The number of hydrogen-bond acceptors (Lipinski definition) is 4. The van der Waals surface area contributed by atoms with Crippen molar-refractivity contribution in [1.29, 1.82) is 0 Å². The van der Waals surface area contributed by atoms with Gasteiger partial charge in [0.1, 0.15) is 5.82 Å². The van der Waals surface area contributed by atoms with Gasteiger partial charge in [-0.05, 0) is 42.0 Å². The van der Waals surface area contributed by atoms with Crippen molar-refractivity contribution in [3.63, 3.8) is 0 Å². The fraction of sp³-hybridized carbons (Fsp3) is 0.471. The molecule has 0 fully saturated rings. The minimum atomic E-state index is 0.681. The van der Waals surface area contributed by atoms with E-state index in [4.69, 9.17) is 0 Å². The number of nitrogens with zero attached hydrogens (tertiary/aromatic N) is 2. The van der Waals surface area contributed by atoms with Gasteiger partial charge in [-0.25, -0.2) is 4.98 Å². The maximum absolute atomic E-state index is 4.57. The number of nitrogens with one attached hydrogen (secondary N) is 1. The molecule has 0 spiro atoms. The average molecular weight is 303 g/mol. The molecule has 0 unspecified atom stereocenters. The van der Waals surface area contributed by atoms with Crippen molar-refractivity contribution in [2.75, 3.05) is 25.0 Å². The number of rotatable bonds is 8. The Labute approximate surface area is 132 Å².